The van der Waals surface area contributed by atoms with E-state index in [1.807, 2.05) is 20.8 Å². The highest BCUT2D eigenvalue weighted by Crippen LogP contribution is 2.15. The quantitative estimate of drug-likeness (QED) is 0.719. The number of anilines is 1. The van der Waals surface area contributed by atoms with Crippen LogP contribution in [-0.2, 0) is 9.59 Å². The van der Waals surface area contributed by atoms with E-state index in [4.69, 9.17) is 5.11 Å². The van der Waals surface area contributed by atoms with Gasteiger partial charge in [0.1, 0.15) is 0 Å². The highest BCUT2D eigenvalue weighted by atomic mass is 16.4. The second-order valence-electron chi connectivity index (χ2n) is 5.50. The molecule has 6 nitrogen and oxygen atoms in total. The first-order chi connectivity index (χ1) is 10.3. The molecule has 2 amide bonds. The van der Waals surface area contributed by atoms with E-state index in [0.717, 1.165) is 0 Å². The summed E-state index contributed by atoms with van der Waals surface area (Å²) < 4.78 is 0. The fraction of sp³-hybridized carbons (Fsp3) is 0.438. The van der Waals surface area contributed by atoms with Crippen molar-refractivity contribution >= 4 is 23.5 Å². The van der Waals surface area contributed by atoms with Gasteiger partial charge in [0.25, 0.3) is 5.91 Å². The van der Waals surface area contributed by atoms with Crippen molar-refractivity contribution in [3.8, 4) is 0 Å². The molecule has 0 spiro atoms. The first-order valence-corrected chi connectivity index (χ1v) is 7.22. The Labute approximate surface area is 129 Å². The molecule has 0 aromatic heterocycles. The number of carbonyl (C=O) groups is 3. The Morgan fingerprint density at radius 1 is 1.09 bits per heavy atom. The topological polar surface area (TPSA) is 95.5 Å². The van der Waals surface area contributed by atoms with Crippen molar-refractivity contribution in [2.75, 3.05) is 11.9 Å². The number of hydrogen-bond acceptors (Lipinski definition) is 3. The number of hydrogen-bond donors (Lipinski definition) is 3. The average molecular weight is 306 g/mol. The second kappa shape index (κ2) is 8.17. The lowest BCUT2D eigenvalue weighted by molar-refractivity contribution is -0.136. The van der Waals surface area contributed by atoms with Crippen molar-refractivity contribution in [2.24, 2.45) is 11.8 Å². The highest BCUT2D eigenvalue weighted by Gasteiger charge is 2.16. The number of nitrogens with one attached hydrogen (secondary N) is 2. The fourth-order valence-corrected chi connectivity index (χ4v) is 1.65. The standard InChI is InChI=1S/C16H22N2O4/c1-10(2)11(3)15(21)18-13-6-4-12(5-7-13)16(22)17-9-8-14(19)20/h4-7,10-11H,8-9H2,1-3H3,(H,17,22)(H,18,21)(H,19,20). The van der Waals surface area contributed by atoms with Gasteiger partial charge in [-0.05, 0) is 30.2 Å². The lowest BCUT2D eigenvalue weighted by Gasteiger charge is -2.15. The summed E-state index contributed by atoms with van der Waals surface area (Å²) in [7, 11) is 0. The molecule has 0 radical (unpaired) electrons. The predicted molar refractivity (Wildman–Crippen MR) is 83.7 cm³/mol. The summed E-state index contributed by atoms with van der Waals surface area (Å²) in [5, 5.41) is 13.8. The van der Waals surface area contributed by atoms with E-state index >= 15 is 0 Å². The maximum Gasteiger partial charge on any atom is 0.305 e. The molecule has 0 saturated heterocycles. The Morgan fingerprint density at radius 3 is 2.18 bits per heavy atom. The molecule has 0 fully saturated rings. The first-order valence-electron chi connectivity index (χ1n) is 7.22. The lowest BCUT2D eigenvalue weighted by atomic mass is 9.97. The van der Waals surface area contributed by atoms with Gasteiger partial charge in [-0.25, -0.2) is 0 Å². The molecule has 22 heavy (non-hydrogen) atoms. The number of rotatable bonds is 7. The van der Waals surface area contributed by atoms with Crippen molar-refractivity contribution in [2.45, 2.75) is 27.2 Å². The lowest BCUT2D eigenvalue weighted by Crippen LogP contribution is -2.26. The van der Waals surface area contributed by atoms with E-state index < -0.39 is 5.97 Å². The van der Waals surface area contributed by atoms with Gasteiger partial charge >= 0.3 is 5.97 Å². The molecular formula is C16H22N2O4. The minimum absolute atomic E-state index is 0.0614. The number of benzene rings is 1. The number of carbonyl (C=O) groups excluding carboxylic acids is 2. The zero-order valence-corrected chi connectivity index (χ0v) is 13.1. The number of carboxylic acids is 1. The molecule has 1 rings (SSSR count). The van der Waals surface area contributed by atoms with Crippen LogP contribution in [0.15, 0.2) is 24.3 Å². The Morgan fingerprint density at radius 2 is 1.68 bits per heavy atom. The third-order valence-electron chi connectivity index (χ3n) is 3.45. The van der Waals surface area contributed by atoms with Crippen molar-refractivity contribution in [1.29, 1.82) is 0 Å². The highest BCUT2D eigenvalue weighted by molar-refractivity contribution is 5.96. The summed E-state index contributed by atoms with van der Waals surface area (Å²) in [6.07, 6.45) is -0.118. The smallest absolute Gasteiger partial charge is 0.305 e. The second-order valence-corrected chi connectivity index (χ2v) is 5.50. The van der Waals surface area contributed by atoms with E-state index in [-0.39, 0.29) is 36.6 Å². The largest absolute Gasteiger partial charge is 0.481 e. The van der Waals surface area contributed by atoms with E-state index in [2.05, 4.69) is 10.6 Å². The summed E-state index contributed by atoms with van der Waals surface area (Å²) >= 11 is 0. The summed E-state index contributed by atoms with van der Waals surface area (Å²) in [5.41, 5.74) is 1.04. The minimum atomic E-state index is -0.961. The van der Waals surface area contributed by atoms with Crippen molar-refractivity contribution in [3.63, 3.8) is 0 Å². The Balaban J connectivity index is 2.57. The molecule has 3 N–H and O–H groups in total. The van der Waals surface area contributed by atoms with Crippen LogP contribution >= 0.6 is 0 Å². The summed E-state index contributed by atoms with van der Waals surface area (Å²) in [6.45, 7) is 5.91. The zero-order valence-electron chi connectivity index (χ0n) is 13.1. The summed E-state index contributed by atoms with van der Waals surface area (Å²) in [6, 6.07) is 6.48. The monoisotopic (exact) mass is 306 g/mol. The first kappa shape index (κ1) is 17.7. The van der Waals surface area contributed by atoms with Crippen molar-refractivity contribution < 1.29 is 19.5 Å². The minimum Gasteiger partial charge on any atom is -0.481 e. The van der Waals surface area contributed by atoms with Crippen LogP contribution in [0, 0.1) is 11.8 Å². The van der Waals surface area contributed by atoms with Crippen LogP contribution in [0.25, 0.3) is 0 Å². The molecule has 6 heteroatoms. The molecule has 0 bridgehead atoms. The average Bonchev–Trinajstić information content (AvgIpc) is 2.46. The molecular weight excluding hydrogens is 284 g/mol. The van der Waals surface area contributed by atoms with Gasteiger partial charge in [0.05, 0.1) is 6.42 Å². The molecule has 1 aromatic carbocycles. The maximum absolute atomic E-state index is 11.9. The van der Waals surface area contributed by atoms with E-state index in [0.29, 0.717) is 11.3 Å². The van der Waals surface area contributed by atoms with E-state index in [9.17, 15) is 14.4 Å². The molecule has 0 saturated carbocycles. The van der Waals surface area contributed by atoms with E-state index in [1.54, 1.807) is 24.3 Å². The van der Waals surface area contributed by atoms with Crippen LogP contribution in [0.1, 0.15) is 37.6 Å². The normalized spacial score (nSPS) is 11.8. The predicted octanol–water partition coefficient (Wildman–Crippen LogP) is 2.12. The van der Waals surface area contributed by atoms with Gasteiger partial charge < -0.3 is 15.7 Å². The van der Waals surface area contributed by atoms with Gasteiger partial charge in [-0.2, -0.15) is 0 Å². The molecule has 0 heterocycles. The molecule has 0 aliphatic rings. The molecule has 1 aromatic rings. The van der Waals surface area contributed by atoms with Crippen LogP contribution in [-0.4, -0.2) is 29.4 Å². The van der Waals surface area contributed by atoms with E-state index in [1.165, 1.54) is 0 Å². The van der Waals surface area contributed by atoms with Crippen LogP contribution in [0.3, 0.4) is 0 Å². The summed E-state index contributed by atoms with van der Waals surface area (Å²) in [4.78, 5) is 34.1. The van der Waals surface area contributed by atoms with Gasteiger partial charge in [-0.15, -0.1) is 0 Å². The summed E-state index contributed by atoms with van der Waals surface area (Å²) in [5.74, 6) is -1.21. The maximum atomic E-state index is 11.9. The van der Waals surface area contributed by atoms with Gasteiger partial charge in [-0.3, -0.25) is 14.4 Å². The third-order valence-corrected chi connectivity index (χ3v) is 3.45. The molecule has 1 atom stereocenters. The molecule has 120 valence electrons. The van der Waals surface area contributed by atoms with Gasteiger partial charge in [0.15, 0.2) is 0 Å². The molecule has 0 aliphatic heterocycles. The Kier molecular flexibility index (Phi) is 6.56. The number of aliphatic carboxylic acids is 1. The Bertz CT molecular complexity index is 538. The number of carboxylic acid groups (broad SMARTS) is 1. The molecule has 0 aliphatic carbocycles. The van der Waals surface area contributed by atoms with Crippen LogP contribution in [0.4, 0.5) is 5.69 Å². The van der Waals surface area contributed by atoms with Gasteiger partial charge in [0, 0.05) is 23.7 Å². The zero-order chi connectivity index (χ0) is 16.7. The van der Waals surface area contributed by atoms with Gasteiger partial charge in [0.2, 0.25) is 5.91 Å². The number of amides is 2. The van der Waals surface area contributed by atoms with Gasteiger partial charge in [-0.1, -0.05) is 20.8 Å². The molecule has 1 unspecified atom stereocenters. The Hall–Kier alpha value is -2.37. The SMILES string of the molecule is CC(C)C(C)C(=O)Nc1ccc(C(=O)NCCC(=O)O)cc1. The van der Waals surface area contributed by atoms with Crippen molar-refractivity contribution in [1.82, 2.24) is 5.32 Å². The fourth-order valence-electron chi connectivity index (χ4n) is 1.65. The third kappa shape index (κ3) is 5.55. The van der Waals surface area contributed by atoms with Crippen LogP contribution in [0.5, 0.6) is 0 Å². The van der Waals surface area contributed by atoms with Crippen LogP contribution < -0.4 is 10.6 Å². The van der Waals surface area contributed by atoms with Crippen LogP contribution in [0.2, 0.25) is 0 Å². The van der Waals surface area contributed by atoms with Crippen molar-refractivity contribution in [3.05, 3.63) is 29.8 Å².